The molecular formula is C22H27N3O2S2. The van der Waals surface area contributed by atoms with Crippen LogP contribution in [0.5, 0.6) is 0 Å². The molecule has 0 saturated heterocycles. The van der Waals surface area contributed by atoms with Gasteiger partial charge in [0.25, 0.3) is 10.0 Å². The average Bonchev–Trinajstić information content (AvgIpc) is 3.47. The topological polar surface area (TPSA) is 64.0 Å². The fraction of sp³-hybridized carbons (Fsp3) is 0.409. The van der Waals surface area contributed by atoms with Gasteiger partial charge in [0.2, 0.25) is 0 Å². The standard InChI is InChI=1S/C22H27N3O2S2/c1-2-3-7-17-11-13-18(14-12-17)24-29(26,27)21-16-25(19-8-4-5-9-19)23-22(21)20-10-6-15-28-20/h6,10-16,19,24H,2-5,7-9H2,1H3. The van der Waals surface area contributed by atoms with E-state index in [-0.39, 0.29) is 10.9 Å². The maximum atomic E-state index is 13.2. The van der Waals surface area contributed by atoms with Gasteiger partial charge in [-0.05, 0) is 54.8 Å². The molecule has 29 heavy (non-hydrogen) atoms. The number of aromatic nitrogens is 2. The van der Waals surface area contributed by atoms with Crippen molar-refractivity contribution in [3.05, 3.63) is 53.5 Å². The molecule has 5 nitrogen and oxygen atoms in total. The van der Waals surface area contributed by atoms with E-state index in [1.807, 2.05) is 46.5 Å². The zero-order chi connectivity index (χ0) is 20.3. The number of benzene rings is 1. The summed E-state index contributed by atoms with van der Waals surface area (Å²) in [6, 6.07) is 11.8. The molecule has 0 atom stereocenters. The molecule has 0 aliphatic heterocycles. The SMILES string of the molecule is CCCCc1ccc(NS(=O)(=O)c2cn(C3CCCC3)nc2-c2cccs2)cc1. The van der Waals surface area contributed by atoms with Gasteiger partial charge in [0.05, 0.1) is 10.9 Å². The summed E-state index contributed by atoms with van der Waals surface area (Å²) in [5.41, 5.74) is 2.35. The van der Waals surface area contributed by atoms with E-state index in [0.717, 1.165) is 37.0 Å². The molecule has 0 amide bonds. The fourth-order valence-corrected chi connectivity index (χ4v) is 5.84. The first kappa shape index (κ1) is 20.2. The van der Waals surface area contributed by atoms with Gasteiger partial charge in [-0.25, -0.2) is 8.42 Å². The minimum absolute atomic E-state index is 0.252. The molecule has 1 aliphatic carbocycles. The van der Waals surface area contributed by atoms with Crippen LogP contribution >= 0.6 is 11.3 Å². The molecule has 4 rings (SSSR count). The van der Waals surface area contributed by atoms with E-state index in [2.05, 4.69) is 11.6 Å². The lowest BCUT2D eigenvalue weighted by atomic mass is 10.1. The first-order valence-corrected chi connectivity index (χ1v) is 12.7. The summed E-state index contributed by atoms with van der Waals surface area (Å²) in [5.74, 6) is 0. The van der Waals surface area contributed by atoms with Crippen LogP contribution in [0.15, 0.2) is 52.9 Å². The van der Waals surface area contributed by atoms with Crippen LogP contribution < -0.4 is 4.72 Å². The second-order valence-electron chi connectivity index (χ2n) is 7.64. The zero-order valence-electron chi connectivity index (χ0n) is 16.7. The number of nitrogens with one attached hydrogen (secondary N) is 1. The van der Waals surface area contributed by atoms with Crippen molar-refractivity contribution < 1.29 is 8.42 Å². The van der Waals surface area contributed by atoms with Gasteiger partial charge >= 0.3 is 0 Å². The molecule has 1 aromatic carbocycles. The minimum Gasteiger partial charge on any atom is -0.280 e. The summed E-state index contributed by atoms with van der Waals surface area (Å²) in [6.07, 6.45) is 9.45. The number of rotatable bonds is 8. The normalized spacial score (nSPS) is 15.1. The van der Waals surface area contributed by atoms with Crippen molar-refractivity contribution in [2.75, 3.05) is 4.72 Å². The Labute approximate surface area is 176 Å². The Kier molecular flexibility index (Phi) is 6.06. The number of thiophene rings is 1. The molecule has 154 valence electrons. The average molecular weight is 430 g/mol. The number of sulfonamides is 1. The number of unbranched alkanes of at least 4 members (excludes halogenated alkanes) is 1. The van der Waals surface area contributed by atoms with Crippen LogP contribution in [0.2, 0.25) is 0 Å². The molecule has 1 aliphatic rings. The Morgan fingerprint density at radius 2 is 1.93 bits per heavy atom. The van der Waals surface area contributed by atoms with Crippen molar-refractivity contribution >= 4 is 27.0 Å². The lowest BCUT2D eigenvalue weighted by molar-refractivity contribution is 0.467. The van der Waals surface area contributed by atoms with Crippen molar-refractivity contribution in [1.82, 2.24) is 9.78 Å². The monoisotopic (exact) mass is 429 g/mol. The Morgan fingerprint density at radius 3 is 2.59 bits per heavy atom. The van der Waals surface area contributed by atoms with E-state index in [1.54, 1.807) is 6.20 Å². The first-order valence-electron chi connectivity index (χ1n) is 10.3. The number of nitrogens with zero attached hydrogens (tertiary/aromatic N) is 2. The lowest BCUT2D eigenvalue weighted by Crippen LogP contribution is -2.13. The molecule has 0 radical (unpaired) electrons. The molecule has 0 spiro atoms. The lowest BCUT2D eigenvalue weighted by Gasteiger charge is -2.09. The predicted molar refractivity (Wildman–Crippen MR) is 119 cm³/mol. The van der Waals surface area contributed by atoms with E-state index in [4.69, 9.17) is 5.10 Å². The minimum atomic E-state index is -3.74. The van der Waals surface area contributed by atoms with Crippen molar-refractivity contribution in [3.63, 3.8) is 0 Å². The van der Waals surface area contributed by atoms with Gasteiger partial charge in [-0.1, -0.05) is 44.4 Å². The quantitative estimate of drug-likeness (QED) is 0.487. The molecule has 0 unspecified atom stereocenters. The van der Waals surface area contributed by atoms with Crippen LogP contribution in [0.25, 0.3) is 10.6 Å². The summed E-state index contributed by atoms with van der Waals surface area (Å²) in [6.45, 7) is 2.17. The van der Waals surface area contributed by atoms with Crippen molar-refractivity contribution in [2.45, 2.75) is 62.8 Å². The van der Waals surface area contributed by atoms with E-state index in [0.29, 0.717) is 11.4 Å². The molecule has 2 heterocycles. The largest absolute Gasteiger partial charge is 0.280 e. The first-order chi connectivity index (χ1) is 14.1. The Balaban J connectivity index is 1.63. The van der Waals surface area contributed by atoms with Crippen molar-refractivity contribution in [2.24, 2.45) is 0 Å². The molecule has 1 saturated carbocycles. The van der Waals surface area contributed by atoms with E-state index < -0.39 is 10.0 Å². The van der Waals surface area contributed by atoms with Crippen LogP contribution in [-0.2, 0) is 16.4 Å². The van der Waals surface area contributed by atoms with Crippen molar-refractivity contribution in [3.8, 4) is 10.6 Å². The Bertz CT molecular complexity index is 1030. The van der Waals surface area contributed by atoms with Gasteiger partial charge in [0.1, 0.15) is 10.6 Å². The van der Waals surface area contributed by atoms with Gasteiger partial charge in [-0.2, -0.15) is 5.10 Å². The summed E-state index contributed by atoms with van der Waals surface area (Å²) in [5, 5.41) is 6.65. The number of hydrogen-bond donors (Lipinski definition) is 1. The number of hydrogen-bond acceptors (Lipinski definition) is 4. The van der Waals surface area contributed by atoms with Crippen LogP contribution in [0, 0.1) is 0 Å². The van der Waals surface area contributed by atoms with Crippen LogP contribution in [0.3, 0.4) is 0 Å². The van der Waals surface area contributed by atoms with Crippen LogP contribution in [-0.4, -0.2) is 18.2 Å². The highest BCUT2D eigenvalue weighted by Crippen LogP contribution is 2.35. The van der Waals surface area contributed by atoms with E-state index in [9.17, 15) is 8.42 Å². The molecule has 0 bridgehead atoms. The maximum Gasteiger partial charge on any atom is 0.265 e. The summed E-state index contributed by atoms with van der Waals surface area (Å²) < 4.78 is 31.1. The third-order valence-electron chi connectivity index (χ3n) is 5.47. The molecular weight excluding hydrogens is 402 g/mol. The molecule has 2 aromatic heterocycles. The summed E-state index contributed by atoms with van der Waals surface area (Å²) in [4.78, 5) is 1.12. The van der Waals surface area contributed by atoms with Gasteiger partial charge in [-0.3, -0.25) is 9.40 Å². The highest BCUT2D eigenvalue weighted by atomic mass is 32.2. The van der Waals surface area contributed by atoms with Crippen molar-refractivity contribution in [1.29, 1.82) is 0 Å². The Hall–Kier alpha value is -2.12. The highest BCUT2D eigenvalue weighted by Gasteiger charge is 2.27. The van der Waals surface area contributed by atoms with E-state index in [1.165, 1.54) is 29.7 Å². The number of aryl methyl sites for hydroxylation is 1. The third kappa shape index (κ3) is 4.56. The van der Waals surface area contributed by atoms with Gasteiger partial charge < -0.3 is 0 Å². The smallest absolute Gasteiger partial charge is 0.265 e. The molecule has 3 aromatic rings. The molecule has 1 fully saturated rings. The Morgan fingerprint density at radius 1 is 1.17 bits per heavy atom. The van der Waals surface area contributed by atoms with Crippen LogP contribution in [0.1, 0.15) is 57.1 Å². The highest BCUT2D eigenvalue weighted by molar-refractivity contribution is 7.92. The summed E-state index contributed by atoms with van der Waals surface area (Å²) >= 11 is 1.51. The second kappa shape index (κ2) is 8.71. The second-order valence-corrected chi connectivity index (χ2v) is 10.2. The third-order valence-corrected chi connectivity index (χ3v) is 7.73. The van der Waals surface area contributed by atoms with Gasteiger partial charge in [0.15, 0.2) is 0 Å². The van der Waals surface area contributed by atoms with Crippen LogP contribution in [0.4, 0.5) is 5.69 Å². The predicted octanol–water partition coefficient (Wildman–Crippen LogP) is 5.87. The van der Waals surface area contributed by atoms with Gasteiger partial charge in [-0.15, -0.1) is 11.3 Å². The summed E-state index contributed by atoms with van der Waals surface area (Å²) in [7, 11) is -3.74. The maximum absolute atomic E-state index is 13.2. The molecule has 1 N–H and O–H groups in total. The van der Waals surface area contributed by atoms with Gasteiger partial charge in [0, 0.05) is 11.9 Å². The van der Waals surface area contributed by atoms with E-state index >= 15 is 0 Å². The number of anilines is 1. The zero-order valence-corrected chi connectivity index (χ0v) is 18.3. The fourth-order valence-electron chi connectivity index (χ4n) is 3.84. The molecule has 7 heteroatoms.